The van der Waals surface area contributed by atoms with Gasteiger partial charge in [0.05, 0.1) is 6.10 Å². The van der Waals surface area contributed by atoms with Crippen molar-refractivity contribution in [3.63, 3.8) is 0 Å². The van der Waals surface area contributed by atoms with Gasteiger partial charge in [-0.2, -0.15) is 13.2 Å². The molecule has 0 fully saturated rings. The van der Waals surface area contributed by atoms with Crippen LogP contribution in [0.15, 0.2) is 0 Å². The molecular weight excluding hydrogens is 223 g/mol. The van der Waals surface area contributed by atoms with Gasteiger partial charge in [-0.3, -0.25) is 0 Å². The van der Waals surface area contributed by atoms with Gasteiger partial charge in [-0.05, 0) is 18.9 Å². The number of aliphatic hydroxyl groups is 1. The van der Waals surface area contributed by atoms with Crippen LogP contribution in [0.4, 0.5) is 13.2 Å². The van der Waals surface area contributed by atoms with Crippen molar-refractivity contribution in [2.75, 3.05) is 0 Å². The average Bonchev–Trinajstić information content (AvgIpc) is 1.94. The Labute approximate surface area is 89.7 Å². The van der Waals surface area contributed by atoms with Gasteiger partial charge in [0.1, 0.15) is 6.04 Å². The maximum Gasteiger partial charge on any atom is 0.403 e. The zero-order chi connectivity index (χ0) is 12.3. The van der Waals surface area contributed by atoms with Crippen molar-refractivity contribution in [1.29, 1.82) is 0 Å². The fourth-order valence-electron chi connectivity index (χ4n) is 1.34. The Balaban J connectivity index is 3.87. The molecular formula is C9H20F3NOSi. The van der Waals surface area contributed by atoms with E-state index in [1.54, 1.807) is 0 Å². The van der Waals surface area contributed by atoms with Gasteiger partial charge < -0.3 is 10.8 Å². The van der Waals surface area contributed by atoms with Gasteiger partial charge in [-0.25, -0.2) is 0 Å². The standard InChI is InChI=1S/C9H20F3NOSi/c1-15(2,3)6-7(14)4-5-8(13)9(10,11)12/h7-8,14H,4-6,13H2,1-3H3/t7-,8-/m1/s1. The second-order valence-corrected chi connectivity index (χ2v) is 10.7. The Morgan fingerprint density at radius 3 is 2.00 bits per heavy atom. The van der Waals surface area contributed by atoms with Gasteiger partial charge >= 0.3 is 6.18 Å². The lowest BCUT2D eigenvalue weighted by molar-refractivity contribution is -0.149. The summed E-state index contributed by atoms with van der Waals surface area (Å²) in [6.07, 6.45) is -5.07. The molecule has 2 atom stereocenters. The van der Waals surface area contributed by atoms with E-state index in [-0.39, 0.29) is 12.8 Å². The molecule has 0 aliphatic carbocycles. The molecule has 0 saturated carbocycles. The molecule has 0 heterocycles. The number of rotatable bonds is 5. The van der Waals surface area contributed by atoms with E-state index < -0.39 is 26.4 Å². The van der Waals surface area contributed by atoms with Crippen LogP contribution in [0.3, 0.4) is 0 Å². The van der Waals surface area contributed by atoms with Gasteiger partial charge in [0.25, 0.3) is 0 Å². The molecule has 0 aromatic carbocycles. The minimum atomic E-state index is -4.35. The van der Waals surface area contributed by atoms with Crippen LogP contribution in [0.1, 0.15) is 12.8 Å². The van der Waals surface area contributed by atoms with Crippen molar-refractivity contribution in [3.8, 4) is 0 Å². The Hall–Kier alpha value is -0.0731. The maximum atomic E-state index is 12.0. The molecule has 0 saturated heterocycles. The first kappa shape index (κ1) is 14.9. The van der Waals surface area contributed by atoms with E-state index in [1.807, 2.05) is 0 Å². The predicted molar refractivity (Wildman–Crippen MR) is 57.4 cm³/mol. The topological polar surface area (TPSA) is 46.2 Å². The second-order valence-electron chi connectivity index (χ2n) is 5.14. The van der Waals surface area contributed by atoms with Crippen molar-refractivity contribution >= 4 is 8.07 Å². The molecule has 15 heavy (non-hydrogen) atoms. The Morgan fingerprint density at radius 1 is 1.20 bits per heavy atom. The molecule has 0 bridgehead atoms. The molecule has 0 spiro atoms. The summed E-state index contributed by atoms with van der Waals surface area (Å²) in [4.78, 5) is 0. The number of hydrogen-bond acceptors (Lipinski definition) is 2. The maximum absolute atomic E-state index is 12.0. The molecule has 2 nitrogen and oxygen atoms in total. The molecule has 6 heteroatoms. The molecule has 0 radical (unpaired) electrons. The number of hydrogen-bond donors (Lipinski definition) is 2. The first-order valence-electron chi connectivity index (χ1n) is 5.03. The summed E-state index contributed by atoms with van der Waals surface area (Å²) in [6, 6.07) is -1.19. The smallest absolute Gasteiger partial charge is 0.393 e. The van der Waals surface area contributed by atoms with Crippen LogP contribution in [0.25, 0.3) is 0 Å². The van der Waals surface area contributed by atoms with E-state index in [0.29, 0.717) is 6.04 Å². The van der Waals surface area contributed by atoms with Crippen molar-refractivity contribution in [2.45, 2.75) is 56.8 Å². The first-order chi connectivity index (χ1) is 6.52. The minimum absolute atomic E-state index is 0.130. The van der Waals surface area contributed by atoms with Crippen LogP contribution < -0.4 is 5.73 Å². The minimum Gasteiger partial charge on any atom is -0.393 e. The van der Waals surface area contributed by atoms with Crippen LogP contribution >= 0.6 is 0 Å². The van der Waals surface area contributed by atoms with Crippen LogP contribution in [0.5, 0.6) is 0 Å². The third-order valence-electron chi connectivity index (χ3n) is 2.08. The summed E-state index contributed by atoms with van der Waals surface area (Å²) in [5.41, 5.74) is 4.94. The van der Waals surface area contributed by atoms with Gasteiger partial charge in [-0.15, -0.1) is 0 Å². The fourth-order valence-corrected chi connectivity index (χ4v) is 2.96. The van der Waals surface area contributed by atoms with Crippen molar-refractivity contribution in [3.05, 3.63) is 0 Å². The van der Waals surface area contributed by atoms with Crippen LogP contribution in [-0.4, -0.2) is 31.5 Å². The summed E-state index contributed by atoms with van der Waals surface area (Å²) in [7, 11) is -1.41. The van der Waals surface area contributed by atoms with E-state index in [4.69, 9.17) is 5.73 Å². The normalized spacial score (nSPS) is 17.6. The lowest BCUT2D eigenvalue weighted by Gasteiger charge is -2.22. The molecule has 0 aromatic rings. The summed E-state index contributed by atoms with van der Waals surface area (Å²) in [5, 5.41) is 9.51. The zero-order valence-electron chi connectivity index (χ0n) is 9.43. The molecule has 0 aliphatic rings. The third kappa shape index (κ3) is 7.81. The summed E-state index contributed by atoms with van der Waals surface area (Å²) in [5.74, 6) is 0. The lowest BCUT2D eigenvalue weighted by Crippen LogP contribution is -2.38. The number of alkyl halides is 3. The molecule has 0 aromatic heterocycles. The number of nitrogens with two attached hydrogens (primary N) is 1. The van der Waals surface area contributed by atoms with Crippen LogP contribution in [0.2, 0.25) is 25.7 Å². The van der Waals surface area contributed by atoms with Gasteiger partial charge in [0.2, 0.25) is 0 Å². The third-order valence-corrected chi connectivity index (χ3v) is 3.78. The van der Waals surface area contributed by atoms with Gasteiger partial charge in [0.15, 0.2) is 0 Å². The van der Waals surface area contributed by atoms with E-state index >= 15 is 0 Å². The van der Waals surface area contributed by atoms with Gasteiger partial charge in [0, 0.05) is 8.07 Å². The summed E-state index contributed by atoms with van der Waals surface area (Å²) >= 11 is 0. The number of halogens is 3. The molecule has 0 unspecified atom stereocenters. The van der Waals surface area contributed by atoms with E-state index in [9.17, 15) is 18.3 Å². The monoisotopic (exact) mass is 243 g/mol. The van der Waals surface area contributed by atoms with E-state index in [2.05, 4.69) is 19.6 Å². The van der Waals surface area contributed by atoms with E-state index in [0.717, 1.165) is 0 Å². The molecule has 3 N–H and O–H groups in total. The SMILES string of the molecule is C[Si](C)(C)C[C@H](O)CC[C@@H](N)C(F)(F)F. The number of aliphatic hydroxyl groups excluding tert-OH is 1. The second kappa shape index (κ2) is 5.31. The van der Waals surface area contributed by atoms with Crippen molar-refractivity contribution in [1.82, 2.24) is 0 Å². The van der Waals surface area contributed by atoms with Crippen LogP contribution in [0, 0.1) is 0 Å². The highest BCUT2D eigenvalue weighted by molar-refractivity contribution is 6.76. The highest BCUT2D eigenvalue weighted by Crippen LogP contribution is 2.23. The van der Waals surface area contributed by atoms with Gasteiger partial charge in [-0.1, -0.05) is 19.6 Å². The molecule has 0 amide bonds. The van der Waals surface area contributed by atoms with Crippen molar-refractivity contribution in [2.24, 2.45) is 5.73 Å². The summed E-state index contributed by atoms with van der Waals surface area (Å²) in [6.45, 7) is 6.21. The molecule has 92 valence electrons. The molecule has 0 rings (SSSR count). The largest absolute Gasteiger partial charge is 0.403 e. The predicted octanol–water partition coefficient (Wildman–Crippen LogP) is 2.36. The summed E-state index contributed by atoms with van der Waals surface area (Å²) < 4.78 is 36.1. The lowest BCUT2D eigenvalue weighted by atomic mass is 10.1. The van der Waals surface area contributed by atoms with E-state index in [1.165, 1.54) is 0 Å². The Kier molecular flexibility index (Phi) is 5.29. The highest BCUT2D eigenvalue weighted by atomic mass is 28.3. The Morgan fingerprint density at radius 2 is 1.67 bits per heavy atom. The quantitative estimate of drug-likeness (QED) is 0.728. The zero-order valence-corrected chi connectivity index (χ0v) is 10.4. The highest BCUT2D eigenvalue weighted by Gasteiger charge is 2.36. The van der Waals surface area contributed by atoms with Crippen molar-refractivity contribution < 1.29 is 18.3 Å². The Bertz CT molecular complexity index is 191. The first-order valence-corrected chi connectivity index (χ1v) is 8.73. The van der Waals surface area contributed by atoms with Crippen LogP contribution in [-0.2, 0) is 0 Å². The fraction of sp³-hybridized carbons (Fsp3) is 1.00. The molecule has 0 aliphatic heterocycles. The average molecular weight is 243 g/mol.